The van der Waals surface area contributed by atoms with E-state index < -0.39 is 0 Å². The number of nitrogens with zero attached hydrogens (tertiary/aromatic N) is 1. The van der Waals surface area contributed by atoms with Crippen LogP contribution >= 0.6 is 0 Å². The van der Waals surface area contributed by atoms with E-state index in [4.69, 9.17) is 0 Å². The van der Waals surface area contributed by atoms with Crippen molar-refractivity contribution in [2.75, 3.05) is 26.2 Å². The Morgan fingerprint density at radius 1 is 1.53 bits per heavy atom. The van der Waals surface area contributed by atoms with Gasteiger partial charge in [0.25, 0.3) is 0 Å². The molecule has 2 rings (SSSR count). The maximum atomic E-state index is 11.9. The molecule has 2 N–H and O–H groups in total. The van der Waals surface area contributed by atoms with Crippen LogP contribution in [0.2, 0.25) is 0 Å². The quantitative estimate of drug-likeness (QED) is 0.748. The highest BCUT2D eigenvalue weighted by atomic mass is 16.2. The molecule has 4 atom stereocenters. The van der Waals surface area contributed by atoms with Crippen LogP contribution in [0.1, 0.15) is 27.2 Å². The second-order valence-electron chi connectivity index (χ2n) is 5.63. The van der Waals surface area contributed by atoms with Crippen LogP contribution in [-0.2, 0) is 4.79 Å². The Morgan fingerprint density at radius 3 is 2.94 bits per heavy atom. The molecule has 2 fully saturated rings. The fraction of sp³-hybridized carbons (Fsp3) is 0.923. The largest absolute Gasteiger partial charge is 0.353 e. The van der Waals surface area contributed by atoms with Crippen molar-refractivity contribution in [3.8, 4) is 0 Å². The number of hydrogen-bond acceptors (Lipinski definition) is 3. The van der Waals surface area contributed by atoms with E-state index in [1.165, 1.54) is 0 Å². The smallest absolute Gasteiger partial charge is 0.234 e. The molecule has 4 heteroatoms. The van der Waals surface area contributed by atoms with E-state index in [1.54, 1.807) is 0 Å². The molecule has 2 saturated heterocycles. The molecule has 2 heterocycles. The van der Waals surface area contributed by atoms with Gasteiger partial charge >= 0.3 is 0 Å². The number of rotatable bonds is 4. The Balaban J connectivity index is 1.82. The molecule has 0 aromatic heterocycles. The molecule has 2 aliphatic heterocycles. The highest BCUT2D eigenvalue weighted by Crippen LogP contribution is 2.31. The zero-order chi connectivity index (χ0) is 12.4. The second kappa shape index (κ2) is 5.36. The maximum absolute atomic E-state index is 11.9. The number of hydrogen-bond donors (Lipinski definition) is 2. The van der Waals surface area contributed by atoms with Gasteiger partial charge in [0.1, 0.15) is 0 Å². The van der Waals surface area contributed by atoms with Gasteiger partial charge in [0.2, 0.25) is 5.91 Å². The van der Waals surface area contributed by atoms with Crippen LogP contribution in [-0.4, -0.2) is 49.1 Å². The van der Waals surface area contributed by atoms with Crippen molar-refractivity contribution in [1.82, 2.24) is 15.5 Å². The summed E-state index contributed by atoms with van der Waals surface area (Å²) in [6, 6.07) is 0.833. The first-order chi connectivity index (χ1) is 8.11. The molecule has 98 valence electrons. The van der Waals surface area contributed by atoms with Crippen LogP contribution < -0.4 is 10.6 Å². The van der Waals surface area contributed by atoms with Crippen LogP contribution in [0.5, 0.6) is 0 Å². The molecule has 0 bridgehead atoms. The Morgan fingerprint density at radius 2 is 2.29 bits per heavy atom. The van der Waals surface area contributed by atoms with Gasteiger partial charge in [0, 0.05) is 18.6 Å². The second-order valence-corrected chi connectivity index (χ2v) is 5.63. The Bertz CT molecular complexity index is 282. The molecule has 0 radical (unpaired) electrons. The maximum Gasteiger partial charge on any atom is 0.234 e. The molecule has 0 aromatic carbocycles. The minimum absolute atomic E-state index is 0.180. The topological polar surface area (TPSA) is 44.4 Å². The van der Waals surface area contributed by atoms with Crippen molar-refractivity contribution in [1.29, 1.82) is 0 Å². The minimum Gasteiger partial charge on any atom is -0.353 e. The molecule has 0 saturated carbocycles. The van der Waals surface area contributed by atoms with E-state index in [9.17, 15) is 4.79 Å². The highest BCUT2D eigenvalue weighted by Gasteiger charge is 2.42. The summed E-state index contributed by atoms with van der Waals surface area (Å²) >= 11 is 0. The van der Waals surface area contributed by atoms with Gasteiger partial charge in [-0.15, -0.1) is 0 Å². The lowest BCUT2D eigenvalue weighted by Gasteiger charge is -2.24. The summed E-state index contributed by atoms with van der Waals surface area (Å²) in [5.41, 5.74) is 0. The van der Waals surface area contributed by atoms with Gasteiger partial charge < -0.3 is 10.6 Å². The summed E-state index contributed by atoms with van der Waals surface area (Å²) in [5, 5.41) is 6.49. The Labute approximate surface area is 104 Å². The van der Waals surface area contributed by atoms with Gasteiger partial charge in [-0.3, -0.25) is 9.69 Å². The predicted molar refractivity (Wildman–Crippen MR) is 68.8 cm³/mol. The highest BCUT2D eigenvalue weighted by molar-refractivity contribution is 5.78. The van der Waals surface area contributed by atoms with Gasteiger partial charge in [0.05, 0.1) is 6.54 Å². The summed E-state index contributed by atoms with van der Waals surface area (Å²) in [6.45, 7) is 10.3. The van der Waals surface area contributed by atoms with E-state index >= 15 is 0 Å². The van der Waals surface area contributed by atoms with Crippen LogP contribution in [0.4, 0.5) is 0 Å². The SMILES string of the molecule is CCC(C)NC(=O)CN1CC2CNCC2C1C. The summed E-state index contributed by atoms with van der Waals surface area (Å²) in [5.74, 6) is 1.67. The van der Waals surface area contributed by atoms with Gasteiger partial charge in [-0.05, 0) is 45.2 Å². The molecule has 2 aliphatic rings. The van der Waals surface area contributed by atoms with Crippen LogP contribution in [0.25, 0.3) is 0 Å². The first-order valence-corrected chi connectivity index (χ1v) is 6.86. The van der Waals surface area contributed by atoms with Crippen molar-refractivity contribution < 1.29 is 4.79 Å². The fourth-order valence-corrected chi connectivity index (χ4v) is 3.07. The summed E-state index contributed by atoms with van der Waals surface area (Å²) in [4.78, 5) is 14.2. The number of amides is 1. The van der Waals surface area contributed by atoms with Crippen LogP contribution in [0.3, 0.4) is 0 Å². The van der Waals surface area contributed by atoms with Crippen molar-refractivity contribution in [3.05, 3.63) is 0 Å². The van der Waals surface area contributed by atoms with Crippen molar-refractivity contribution >= 4 is 5.91 Å². The normalized spacial score (nSPS) is 34.6. The molecule has 4 nitrogen and oxygen atoms in total. The Hall–Kier alpha value is -0.610. The number of nitrogens with one attached hydrogen (secondary N) is 2. The van der Waals surface area contributed by atoms with E-state index in [1.807, 2.05) is 0 Å². The average molecular weight is 239 g/mol. The monoisotopic (exact) mass is 239 g/mol. The van der Waals surface area contributed by atoms with E-state index in [0.717, 1.165) is 37.9 Å². The fourth-order valence-electron chi connectivity index (χ4n) is 3.07. The zero-order valence-corrected chi connectivity index (χ0v) is 11.2. The van der Waals surface area contributed by atoms with E-state index in [0.29, 0.717) is 18.6 Å². The molecule has 17 heavy (non-hydrogen) atoms. The lowest BCUT2D eigenvalue weighted by molar-refractivity contribution is -0.123. The van der Waals surface area contributed by atoms with Crippen molar-refractivity contribution in [2.45, 2.75) is 39.3 Å². The summed E-state index contributed by atoms with van der Waals surface area (Å²) < 4.78 is 0. The molecule has 1 amide bonds. The lowest BCUT2D eigenvalue weighted by atomic mass is 9.95. The third-order valence-electron chi connectivity index (χ3n) is 4.42. The average Bonchev–Trinajstić information content (AvgIpc) is 2.84. The summed E-state index contributed by atoms with van der Waals surface area (Å²) in [7, 11) is 0. The standard InChI is InChI=1S/C13H25N3O/c1-4-9(2)15-13(17)8-16-7-11-5-14-6-12(11)10(16)3/h9-12,14H,4-8H2,1-3H3,(H,15,17). The van der Waals surface area contributed by atoms with Crippen molar-refractivity contribution in [3.63, 3.8) is 0 Å². The van der Waals surface area contributed by atoms with E-state index in [-0.39, 0.29) is 5.91 Å². The van der Waals surface area contributed by atoms with Crippen LogP contribution in [0, 0.1) is 11.8 Å². The Kier molecular flexibility index (Phi) is 4.05. The molecule has 0 aromatic rings. The number of carbonyl (C=O) groups is 1. The molecular formula is C13H25N3O. The first-order valence-electron chi connectivity index (χ1n) is 6.86. The number of carbonyl (C=O) groups excluding carboxylic acids is 1. The van der Waals surface area contributed by atoms with E-state index in [2.05, 4.69) is 36.3 Å². The molecular weight excluding hydrogens is 214 g/mol. The third kappa shape index (κ3) is 2.80. The molecule has 0 spiro atoms. The number of likely N-dealkylation sites (tertiary alicyclic amines) is 1. The summed E-state index contributed by atoms with van der Waals surface area (Å²) in [6.07, 6.45) is 0.996. The third-order valence-corrected chi connectivity index (χ3v) is 4.42. The number of fused-ring (bicyclic) bond motifs is 1. The van der Waals surface area contributed by atoms with Crippen LogP contribution in [0.15, 0.2) is 0 Å². The first kappa shape index (κ1) is 12.8. The van der Waals surface area contributed by atoms with Gasteiger partial charge in [-0.2, -0.15) is 0 Å². The molecule has 4 unspecified atom stereocenters. The molecule has 0 aliphatic carbocycles. The predicted octanol–water partition coefficient (Wildman–Crippen LogP) is 0.441. The lowest BCUT2D eigenvalue weighted by Crippen LogP contribution is -2.43. The van der Waals surface area contributed by atoms with Gasteiger partial charge in [0.15, 0.2) is 0 Å². The zero-order valence-electron chi connectivity index (χ0n) is 11.2. The van der Waals surface area contributed by atoms with Crippen molar-refractivity contribution in [2.24, 2.45) is 11.8 Å². The van der Waals surface area contributed by atoms with Gasteiger partial charge in [-0.1, -0.05) is 6.92 Å². The minimum atomic E-state index is 0.180. The van der Waals surface area contributed by atoms with Gasteiger partial charge in [-0.25, -0.2) is 0 Å².